The Bertz CT molecular complexity index is 1030. The minimum atomic E-state index is -3.88. The number of ether oxygens (including phenoxy) is 2. The zero-order valence-electron chi connectivity index (χ0n) is 17.2. The van der Waals surface area contributed by atoms with Crippen molar-refractivity contribution < 1.29 is 37.1 Å². The number of carbonyl (C=O) groups is 1. The zero-order valence-corrected chi connectivity index (χ0v) is 18.0. The summed E-state index contributed by atoms with van der Waals surface area (Å²) in [6.07, 6.45) is 0.110. The highest BCUT2D eigenvalue weighted by atomic mass is 32.2. The summed E-state index contributed by atoms with van der Waals surface area (Å²) in [7, 11) is -2.79. The number of halogens is 1. The first-order valence-corrected chi connectivity index (χ1v) is 11.1. The van der Waals surface area contributed by atoms with Crippen molar-refractivity contribution in [3.05, 3.63) is 59.4 Å². The van der Waals surface area contributed by atoms with Gasteiger partial charge in [-0.1, -0.05) is 11.3 Å². The van der Waals surface area contributed by atoms with Crippen LogP contribution in [0, 0.1) is 18.7 Å². The summed E-state index contributed by atoms with van der Waals surface area (Å²) in [5, 5.41) is 8.49. The van der Waals surface area contributed by atoms with E-state index in [0.29, 0.717) is 5.75 Å². The van der Waals surface area contributed by atoms with E-state index in [-0.39, 0.29) is 42.2 Å². The summed E-state index contributed by atoms with van der Waals surface area (Å²) >= 11 is 0. The molecule has 2 aromatic rings. The highest BCUT2D eigenvalue weighted by Crippen LogP contribution is 2.30. The maximum Gasteiger partial charge on any atom is 0.279 e. The van der Waals surface area contributed by atoms with E-state index in [1.807, 2.05) is 0 Å². The van der Waals surface area contributed by atoms with Gasteiger partial charge in [-0.25, -0.2) is 17.6 Å². The monoisotopic (exact) mass is 453 g/mol. The molecular weight excluding hydrogens is 429 g/mol. The first-order chi connectivity index (χ1) is 14.7. The molecule has 1 N–H and O–H groups in total. The molecule has 1 fully saturated rings. The third-order valence-electron chi connectivity index (χ3n) is 5.22. The number of aryl methyl sites for hydroxylation is 1. The molecule has 2 aromatic carbocycles. The van der Waals surface area contributed by atoms with Crippen LogP contribution < -0.4 is 4.74 Å². The zero-order chi connectivity index (χ0) is 22.6. The molecule has 2 atom stereocenters. The lowest BCUT2D eigenvalue weighted by molar-refractivity contribution is -0.305. The van der Waals surface area contributed by atoms with Crippen molar-refractivity contribution in [3.8, 4) is 5.75 Å². The second kappa shape index (κ2) is 9.73. The maximum atomic E-state index is 13.2. The average Bonchev–Trinajstić information content (AvgIpc) is 2.77. The predicted molar refractivity (Wildman–Crippen MR) is 107 cm³/mol. The number of nitrogens with zero attached hydrogens (tertiary/aromatic N) is 1. The van der Waals surface area contributed by atoms with E-state index in [2.05, 4.69) is 4.84 Å². The number of rotatable bonds is 7. The summed E-state index contributed by atoms with van der Waals surface area (Å²) in [6.45, 7) is 2.03. The number of carbonyl (C=O) groups excluding carboxylic acids is 1. The standard InChI is InChI=1S/C21H24FNO7S/c1-14-11-16(22)4-3-15(14)12-30-17-5-7-18(8-6-17)31(26,27)20-9-10-29-13-19(20)21(24)23(25)28-2/h3-8,11,19-20,25H,9-10,12-13H2,1-2H3. The molecule has 0 aromatic heterocycles. The van der Waals surface area contributed by atoms with Gasteiger partial charge >= 0.3 is 0 Å². The van der Waals surface area contributed by atoms with Crippen molar-refractivity contribution in [1.82, 2.24) is 5.23 Å². The molecular formula is C21H24FNO7S. The quantitative estimate of drug-likeness (QED) is 0.508. The van der Waals surface area contributed by atoms with Crippen molar-refractivity contribution in [3.63, 3.8) is 0 Å². The van der Waals surface area contributed by atoms with Crippen LogP contribution in [0.25, 0.3) is 0 Å². The molecule has 0 spiro atoms. The molecule has 8 nitrogen and oxygen atoms in total. The van der Waals surface area contributed by atoms with E-state index in [4.69, 9.17) is 9.47 Å². The highest BCUT2D eigenvalue weighted by molar-refractivity contribution is 7.92. The molecule has 31 heavy (non-hydrogen) atoms. The number of hydrogen-bond donors (Lipinski definition) is 1. The van der Waals surface area contributed by atoms with Crippen molar-refractivity contribution in [2.45, 2.75) is 30.1 Å². The van der Waals surface area contributed by atoms with Crippen molar-refractivity contribution >= 4 is 15.7 Å². The fourth-order valence-electron chi connectivity index (χ4n) is 3.43. The molecule has 0 saturated carbocycles. The van der Waals surface area contributed by atoms with Gasteiger partial charge in [-0.2, -0.15) is 0 Å². The third kappa shape index (κ3) is 5.21. The molecule has 1 saturated heterocycles. The SMILES string of the molecule is CON(O)C(=O)C1COCCC1S(=O)(=O)c1ccc(OCc2ccc(F)cc2C)cc1. The molecule has 0 bridgehead atoms. The van der Waals surface area contributed by atoms with Crippen molar-refractivity contribution in [1.29, 1.82) is 0 Å². The Kier molecular flexibility index (Phi) is 7.26. The van der Waals surface area contributed by atoms with Crippen LogP contribution in [-0.4, -0.2) is 50.3 Å². The van der Waals surface area contributed by atoms with Gasteiger partial charge in [0, 0.05) is 6.61 Å². The number of benzene rings is 2. The maximum absolute atomic E-state index is 13.2. The first-order valence-electron chi connectivity index (χ1n) is 9.60. The summed E-state index contributed by atoms with van der Waals surface area (Å²) < 4.78 is 50.5. The minimum absolute atomic E-state index is 0.0241. The van der Waals surface area contributed by atoms with Crippen LogP contribution >= 0.6 is 0 Å². The average molecular weight is 453 g/mol. The van der Waals surface area contributed by atoms with E-state index in [1.54, 1.807) is 13.0 Å². The lowest BCUT2D eigenvalue weighted by Gasteiger charge is -2.31. The molecule has 0 aliphatic carbocycles. The predicted octanol–water partition coefficient (Wildman–Crippen LogP) is 2.67. The van der Waals surface area contributed by atoms with Crippen LogP contribution in [-0.2, 0) is 30.8 Å². The Morgan fingerprint density at radius 2 is 1.97 bits per heavy atom. The fourth-order valence-corrected chi connectivity index (χ4v) is 5.33. The number of sulfone groups is 1. The molecule has 1 aliphatic rings. The van der Waals surface area contributed by atoms with Crippen LogP contribution in [0.15, 0.2) is 47.4 Å². The molecule has 1 aliphatic heterocycles. The Balaban J connectivity index is 1.74. The van der Waals surface area contributed by atoms with Crippen LogP contribution in [0.5, 0.6) is 5.75 Å². The van der Waals surface area contributed by atoms with Gasteiger partial charge in [0.2, 0.25) is 0 Å². The third-order valence-corrected chi connectivity index (χ3v) is 7.51. The number of hydroxylamine groups is 2. The second-order valence-corrected chi connectivity index (χ2v) is 9.35. The fraction of sp³-hybridized carbons (Fsp3) is 0.381. The largest absolute Gasteiger partial charge is 0.489 e. The van der Waals surface area contributed by atoms with Gasteiger partial charge in [0.1, 0.15) is 18.2 Å². The Hall–Kier alpha value is -2.53. The summed E-state index contributed by atoms with van der Waals surface area (Å²) in [5.41, 5.74) is 1.57. The van der Waals surface area contributed by atoms with Gasteiger partial charge in [0.05, 0.1) is 29.8 Å². The van der Waals surface area contributed by atoms with Gasteiger partial charge in [0.15, 0.2) is 9.84 Å². The van der Waals surface area contributed by atoms with E-state index in [9.17, 15) is 22.8 Å². The van der Waals surface area contributed by atoms with Gasteiger partial charge in [-0.15, -0.1) is 0 Å². The van der Waals surface area contributed by atoms with Crippen LogP contribution in [0.1, 0.15) is 17.5 Å². The Morgan fingerprint density at radius 1 is 1.26 bits per heavy atom. The van der Waals surface area contributed by atoms with Crippen molar-refractivity contribution in [2.75, 3.05) is 20.3 Å². The molecule has 0 radical (unpaired) electrons. The summed E-state index contributed by atoms with van der Waals surface area (Å²) in [4.78, 5) is 16.8. The molecule has 168 valence electrons. The normalized spacial score (nSPS) is 19.1. The Morgan fingerprint density at radius 3 is 2.61 bits per heavy atom. The number of hydrogen-bond acceptors (Lipinski definition) is 7. The van der Waals surface area contributed by atoms with Crippen molar-refractivity contribution in [2.24, 2.45) is 5.92 Å². The van der Waals surface area contributed by atoms with Gasteiger partial charge in [-0.3, -0.25) is 10.0 Å². The summed E-state index contributed by atoms with van der Waals surface area (Å²) in [5.74, 6) is -1.86. The first kappa shape index (κ1) is 23.1. The molecule has 3 rings (SSSR count). The van der Waals surface area contributed by atoms with E-state index >= 15 is 0 Å². The molecule has 10 heteroatoms. The summed E-state index contributed by atoms with van der Waals surface area (Å²) in [6, 6.07) is 10.3. The van der Waals surface area contributed by atoms with Crippen LogP contribution in [0.4, 0.5) is 4.39 Å². The smallest absolute Gasteiger partial charge is 0.279 e. The highest BCUT2D eigenvalue weighted by Gasteiger charge is 2.43. The second-order valence-electron chi connectivity index (χ2n) is 7.18. The van der Waals surface area contributed by atoms with Gasteiger partial charge < -0.3 is 9.47 Å². The van der Waals surface area contributed by atoms with Crippen LogP contribution in [0.3, 0.4) is 0 Å². The van der Waals surface area contributed by atoms with E-state index < -0.39 is 26.9 Å². The minimum Gasteiger partial charge on any atom is -0.489 e. The molecule has 2 unspecified atom stereocenters. The topological polar surface area (TPSA) is 102 Å². The van der Waals surface area contributed by atoms with E-state index in [0.717, 1.165) is 18.2 Å². The van der Waals surface area contributed by atoms with E-state index in [1.165, 1.54) is 36.4 Å². The lowest BCUT2D eigenvalue weighted by Crippen LogP contribution is -2.47. The Labute approximate surface area is 180 Å². The molecule has 1 heterocycles. The number of amides is 1. The van der Waals surface area contributed by atoms with Gasteiger partial charge in [0.25, 0.3) is 5.91 Å². The van der Waals surface area contributed by atoms with Crippen LogP contribution in [0.2, 0.25) is 0 Å². The molecule has 1 amide bonds. The lowest BCUT2D eigenvalue weighted by atomic mass is 10.0. The van der Waals surface area contributed by atoms with Gasteiger partial charge in [-0.05, 0) is 60.9 Å².